The van der Waals surface area contributed by atoms with Crippen LogP contribution in [-0.2, 0) is 11.0 Å². The van der Waals surface area contributed by atoms with Crippen molar-refractivity contribution in [3.05, 3.63) is 53.8 Å². The summed E-state index contributed by atoms with van der Waals surface area (Å²) in [6.07, 6.45) is -2.71. The number of hydrogen-bond acceptors (Lipinski definition) is 2. The summed E-state index contributed by atoms with van der Waals surface area (Å²) in [5.41, 5.74) is -1.75. The molecule has 1 unspecified atom stereocenters. The lowest BCUT2D eigenvalue weighted by Crippen LogP contribution is -2.42. The van der Waals surface area contributed by atoms with E-state index in [1.54, 1.807) is 0 Å². The third-order valence-corrected chi connectivity index (χ3v) is 5.34. The Morgan fingerprint density at radius 2 is 1.81 bits per heavy atom. The zero-order valence-electron chi connectivity index (χ0n) is 16.6. The molecule has 1 fully saturated rings. The minimum atomic E-state index is -4.65. The number of carboxylic acids is 1. The van der Waals surface area contributed by atoms with Gasteiger partial charge >= 0.3 is 18.2 Å². The number of carbonyl (C=O) groups is 2. The van der Waals surface area contributed by atoms with Gasteiger partial charge in [0.1, 0.15) is 0 Å². The minimum Gasteiger partial charge on any atom is -0.481 e. The Morgan fingerprint density at radius 1 is 1.10 bits per heavy atom. The summed E-state index contributed by atoms with van der Waals surface area (Å²) in [6, 6.07) is 8.02. The Labute approximate surface area is 176 Å². The summed E-state index contributed by atoms with van der Waals surface area (Å²) < 4.78 is 55.1. The Hall–Kier alpha value is -3.10. The summed E-state index contributed by atoms with van der Waals surface area (Å²) in [5, 5.41) is 11.3. The zero-order valence-corrected chi connectivity index (χ0v) is 16.6. The highest BCUT2D eigenvalue weighted by molar-refractivity contribution is 5.90. The van der Waals surface area contributed by atoms with E-state index in [0.717, 1.165) is 12.5 Å². The second-order valence-electron chi connectivity index (χ2n) is 7.53. The quantitative estimate of drug-likeness (QED) is 0.596. The van der Waals surface area contributed by atoms with Gasteiger partial charge in [0.15, 0.2) is 5.82 Å². The van der Waals surface area contributed by atoms with Gasteiger partial charge in [0.2, 0.25) is 0 Å². The maximum Gasteiger partial charge on any atom is 0.417 e. The van der Waals surface area contributed by atoms with E-state index in [4.69, 9.17) is 5.11 Å². The topological polar surface area (TPSA) is 69.6 Å². The Balaban J connectivity index is 1.78. The number of nitrogens with one attached hydrogen (secondary N) is 1. The minimum absolute atomic E-state index is 0.00934. The van der Waals surface area contributed by atoms with Crippen LogP contribution in [0.1, 0.15) is 31.2 Å². The number of anilines is 1. The average Bonchev–Trinajstić information content (AvgIpc) is 2.73. The molecule has 0 aromatic heterocycles. The first-order valence-electron chi connectivity index (χ1n) is 9.89. The molecule has 2 amide bonds. The van der Waals surface area contributed by atoms with Crippen molar-refractivity contribution in [3.63, 3.8) is 0 Å². The molecule has 1 saturated heterocycles. The van der Waals surface area contributed by atoms with E-state index < -0.39 is 29.6 Å². The summed E-state index contributed by atoms with van der Waals surface area (Å²) in [7, 11) is 0. The Morgan fingerprint density at radius 3 is 2.52 bits per heavy atom. The number of nitrogens with zero attached hydrogens (tertiary/aromatic N) is 1. The van der Waals surface area contributed by atoms with Crippen LogP contribution >= 0.6 is 0 Å². The SMILES string of the molecule is O=C(O)CCC1CCCN(C(=O)Nc2cccc(-c3ccccc3C(F)(F)F)c2F)C1. The van der Waals surface area contributed by atoms with E-state index in [1.165, 1.54) is 41.3 Å². The fraction of sp³-hybridized carbons (Fsp3) is 0.364. The molecule has 1 heterocycles. The smallest absolute Gasteiger partial charge is 0.417 e. The van der Waals surface area contributed by atoms with E-state index in [1.807, 2.05) is 0 Å². The molecule has 166 valence electrons. The number of alkyl halides is 3. The predicted molar refractivity (Wildman–Crippen MR) is 107 cm³/mol. The predicted octanol–water partition coefficient (Wildman–Crippen LogP) is 5.62. The average molecular weight is 438 g/mol. The molecule has 2 aromatic carbocycles. The van der Waals surface area contributed by atoms with Crippen LogP contribution in [0.3, 0.4) is 0 Å². The maximum atomic E-state index is 15.1. The number of piperidine rings is 1. The molecule has 0 spiro atoms. The molecule has 31 heavy (non-hydrogen) atoms. The van der Waals surface area contributed by atoms with Crippen LogP contribution in [0.5, 0.6) is 0 Å². The van der Waals surface area contributed by atoms with Crippen molar-refractivity contribution in [2.24, 2.45) is 5.92 Å². The number of carbonyl (C=O) groups excluding carboxylic acids is 1. The molecule has 9 heteroatoms. The molecule has 0 saturated carbocycles. The van der Waals surface area contributed by atoms with Crippen molar-refractivity contribution >= 4 is 17.7 Å². The maximum absolute atomic E-state index is 15.1. The van der Waals surface area contributed by atoms with Crippen molar-refractivity contribution in [1.82, 2.24) is 4.90 Å². The first-order chi connectivity index (χ1) is 14.7. The number of amides is 2. The van der Waals surface area contributed by atoms with Gasteiger partial charge in [0.05, 0.1) is 11.3 Å². The van der Waals surface area contributed by atoms with Gasteiger partial charge in [-0.05, 0) is 42.9 Å². The van der Waals surface area contributed by atoms with Crippen molar-refractivity contribution in [2.75, 3.05) is 18.4 Å². The van der Waals surface area contributed by atoms with Crippen LogP contribution in [0.2, 0.25) is 0 Å². The summed E-state index contributed by atoms with van der Waals surface area (Å²) in [6.45, 7) is 0.783. The lowest BCUT2D eigenvalue weighted by molar-refractivity contribution is -0.138. The van der Waals surface area contributed by atoms with Gasteiger partial charge in [-0.15, -0.1) is 0 Å². The molecule has 0 bridgehead atoms. The normalized spacial score (nSPS) is 16.8. The van der Waals surface area contributed by atoms with Crippen molar-refractivity contribution in [3.8, 4) is 11.1 Å². The number of halogens is 4. The van der Waals surface area contributed by atoms with Crippen LogP contribution in [0.15, 0.2) is 42.5 Å². The van der Waals surface area contributed by atoms with Crippen molar-refractivity contribution in [2.45, 2.75) is 31.9 Å². The highest BCUT2D eigenvalue weighted by Gasteiger charge is 2.34. The van der Waals surface area contributed by atoms with Crippen LogP contribution in [0, 0.1) is 11.7 Å². The van der Waals surface area contributed by atoms with Crippen LogP contribution in [0.25, 0.3) is 11.1 Å². The third kappa shape index (κ3) is 5.53. The van der Waals surface area contributed by atoms with E-state index in [9.17, 15) is 22.8 Å². The van der Waals surface area contributed by atoms with Gasteiger partial charge in [0.25, 0.3) is 0 Å². The molecular formula is C22H22F4N2O3. The van der Waals surface area contributed by atoms with Crippen LogP contribution in [-0.4, -0.2) is 35.1 Å². The summed E-state index contributed by atoms with van der Waals surface area (Å²) in [5.74, 6) is -1.82. The van der Waals surface area contributed by atoms with Gasteiger partial charge in [-0.2, -0.15) is 13.2 Å². The Bertz CT molecular complexity index is 962. The molecule has 0 aliphatic carbocycles. The highest BCUT2D eigenvalue weighted by Crippen LogP contribution is 2.39. The summed E-state index contributed by atoms with van der Waals surface area (Å²) in [4.78, 5) is 24.9. The number of benzene rings is 2. The van der Waals surface area contributed by atoms with Crippen LogP contribution in [0.4, 0.5) is 28.0 Å². The molecule has 5 nitrogen and oxygen atoms in total. The fourth-order valence-electron chi connectivity index (χ4n) is 3.81. The number of urea groups is 1. The first kappa shape index (κ1) is 22.6. The molecule has 2 aromatic rings. The lowest BCUT2D eigenvalue weighted by atomic mass is 9.93. The van der Waals surface area contributed by atoms with Crippen molar-refractivity contribution in [1.29, 1.82) is 0 Å². The fourth-order valence-corrected chi connectivity index (χ4v) is 3.81. The largest absolute Gasteiger partial charge is 0.481 e. The van der Waals surface area contributed by atoms with Gasteiger partial charge in [-0.25, -0.2) is 9.18 Å². The summed E-state index contributed by atoms with van der Waals surface area (Å²) >= 11 is 0. The van der Waals surface area contributed by atoms with Crippen LogP contribution < -0.4 is 5.32 Å². The zero-order chi connectivity index (χ0) is 22.6. The second-order valence-corrected chi connectivity index (χ2v) is 7.53. The number of likely N-dealkylation sites (tertiary alicyclic amines) is 1. The van der Waals surface area contributed by atoms with Gasteiger partial charge in [-0.3, -0.25) is 4.79 Å². The molecule has 0 radical (unpaired) electrons. The highest BCUT2D eigenvalue weighted by atomic mass is 19.4. The molecular weight excluding hydrogens is 416 g/mol. The van der Waals surface area contributed by atoms with E-state index in [-0.39, 0.29) is 29.2 Å². The standard InChI is InChI=1S/C22H22F4N2O3/c23-20-16(15-6-1-2-8-17(15)22(24,25)26)7-3-9-18(20)27-21(31)28-12-4-5-14(13-28)10-11-19(29)30/h1-3,6-9,14H,4-5,10-13H2,(H,27,31)(H,29,30). The Kier molecular flexibility index (Phi) is 6.82. The first-order valence-corrected chi connectivity index (χ1v) is 9.89. The van der Waals surface area contributed by atoms with E-state index >= 15 is 4.39 Å². The van der Waals surface area contributed by atoms with E-state index in [0.29, 0.717) is 25.9 Å². The molecule has 3 rings (SSSR count). The van der Waals surface area contributed by atoms with E-state index in [2.05, 4.69) is 5.32 Å². The number of hydrogen-bond donors (Lipinski definition) is 2. The third-order valence-electron chi connectivity index (χ3n) is 5.34. The van der Waals surface area contributed by atoms with Gasteiger partial charge in [0, 0.05) is 25.1 Å². The molecule has 1 aliphatic rings. The number of rotatable bonds is 5. The van der Waals surface area contributed by atoms with Crippen molar-refractivity contribution < 1.29 is 32.3 Å². The van der Waals surface area contributed by atoms with Gasteiger partial charge in [-0.1, -0.05) is 30.3 Å². The second kappa shape index (κ2) is 9.36. The monoisotopic (exact) mass is 438 g/mol. The lowest BCUT2D eigenvalue weighted by Gasteiger charge is -2.32. The van der Waals surface area contributed by atoms with Gasteiger partial charge < -0.3 is 15.3 Å². The molecule has 2 N–H and O–H groups in total. The molecule has 1 aliphatic heterocycles. The number of aliphatic carboxylic acids is 1. The number of carboxylic acid groups (broad SMARTS) is 1. The molecule has 1 atom stereocenters.